The summed E-state index contributed by atoms with van der Waals surface area (Å²) in [6.45, 7) is 0.0900. The third-order valence-electron chi connectivity index (χ3n) is 3.70. The molecule has 2 aromatic carbocycles. The maximum absolute atomic E-state index is 12.1. The molecule has 4 rings (SSSR count). The molecule has 0 saturated carbocycles. The van der Waals surface area contributed by atoms with E-state index in [-0.39, 0.29) is 19.3 Å². The van der Waals surface area contributed by atoms with Crippen molar-refractivity contribution in [3.05, 3.63) is 46.2 Å². The van der Waals surface area contributed by atoms with Crippen LogP contribution in [0.3, 0.4) is 0 Å². The smallest absolute Gasteiger partial charge is 0.286 e. The van der Waals surface area contributed by atoms with Crippen molar-refractivity contribution < 1.29 is 19.0 Å². The van der Waals surface area contributed by atoms with Gasteiger partial charge in [-0.3, -0.25) is 4.79 Å². The van der Waals surface area contributed by atoms with Gasteiger partial charge in [0.05, 0.1) is 10.2 Å². The van der Waals surface area contributed by atoms with Crippen LogP contribution < -0.4 is 19.0 Å². The minimum Gasteiger partial charge on any atom is -0.484 e. The first kappa shape index (κ1) is 16.0. The normalized spacial score (nSPS) is 13.4. The topological polar surface area (TPSA) is 62.1 Å². The molecule has 3 aromatic rings. The van der Waals surface area contributed by atoms with E-state index in [0.717, 1.165) is 10.2 Å². The molecule has 25 heavy (non-hydrogen) atoms. The second kappa shape index (κ2) is 6.42. The molecule has 0 saturated heterocycles. The van der Waals surface area contributed by atoms with Crippen LogP contribution in [0.1, 0.15) is 0 Å². The lowest BCUT2D eigenvalue weighted by Gasteiger charge is -2.02. The molecule has 0 spiro atoms. The van der Waals surface area contributed by atoms with Crippen molar-refractivity contribution in [2.24, 2.45) is 12.0 Å². The Morgan fingerprint density at radius 3 is 2.76 bits per heavy atom. The molecule has 0 radical (unpaired) electrons. The Kier molecular flexibility index (Phi) is 4.10. The van der Waals surface area contributed by atoms with Crippen LogP contribution in [0.4, 0.5) is 0 Å². The van der Waals surface area contributed by atoms with Crippen LogP contribution in [0.2, 0.25) is 5.02 Å². The largest absolute Gasteiger partial charge is 0.484 e. The molecule has 1 aromatic heterocycles. The quantitative estimate of drug-likeness (QED) is 0.704. The zero-order chi connectivity index (χ0) is 17.4. The van der Waals surface area contributed by atoms with E-state index in [4.69, 9.17) is 25.8 Å². The number of aryl methyl sites for hydroxylation is 1. The van der Waals surface area contributed by atoms with Gasteiger partial charge in [0, 0.05) is 24.2 Å². The lowest BCUT2D eigenvalue weighted by atomic mass is 10.3. The van der Waals surface area contributed by atoms with E-state index in [1.807, 2.05) is 23.7 Å². The summed E-state index contributed by atoms with van der Waals surface area (Å²) in [7, 11) is 1.85. The van der Waals surface area contributed by atoms with Crippen molar-refractivity contribution in [3.63, 3.8) is 0 Å². The van der Waals surface area contributed by atoms with Crippen molar-refractivity contribution in [1.29, 1.82) is 0 Å². The third-order valence-corrected chi connectivity index (χ3v) is 5.05. The number of halogens is 1. The molecule has 128 valence electrons. The number of carbonyl (C=O) groups is 1. The fraction of sp³-hybridized carbons (Fsp3) is 0.176. The van der Waals surface area contributed by atoms with Gasteiger partial charge in [0.15, 0.2) is 22.9 Å². The van der Waals surface area contributed by atoms with Gasteiger partial charge in [-0.1, -0.05) is 22.9 Å². The number of fused-ring (bicyclic) bond motifs is 2. The fourth-order valence-electron chi connectivity index (χ4n) is 2.44. The Balaban J connectivity index is 1.57. The predicted octanol–water partition coefficient (Wildman–Crippen LogP) is 3.13. The molecule has 0 unspecified atom stereocenters. The first-order valence-electron chi connectivity index (χ1n) is 7.45. The Morgan fingerprint density at radius 2 is 2.00 bits per heavy atom. The molecule has 0 N–H and O–H groups in total. The molecule has 8 heteroatoms. The molecule has 2 heterocycles. The summed E-state index contributed by atoms with van der Waals surface area (Å²) in [6, 6.07) is 10.6. The Morgan fingerprint density at radius 1 is 1.28 bits per heavy atom. The number of aromatic nitrogens is 1. The van der Waals surface area contributed by atoms with E-state index in [9.17, 15) is 4.79 Å². The van der Waals surface area contributed by atoms with Gasteiger partial charge in [-0.15, -0.1) is 0 Å². The van der Waals surface area contributed by atoms with E-state index < -0.39 is 0 Å². The van der Waals surface area contributed by atoms with Gasteiger partial charge >= 0.3 is 0 Å². The number of rotatable bonds is 3. The Hall–Kier alpha value is -2.51. The molecule has 0 aliphatic carbocycles. The highest BCUT2D eigenvalue weighted by atomic mass is 35.5. The summed E-state index contributed by atoms with van der Waals surface area (Å²) in [5, 5.41) is 0.612. The first-order chi connectivity index (χ1) is 12.1. The van der Waals surface area contributed by atoms with Crippen LogP contribution in [-0.2, 0) is 11.8 Å². The SMILES string of the molecule is Cn1c(=NC(=O)COc2ccc(Cl)cc2)sc2cc3c(cc21)OCO3. The minimum atomic E-state index is -0.364. The molecule has 0 atom stereocenters. The van der Waals surface area contributed by atoms with Crippen LogP contribution in [0.15, 0.2) is 41.4 Å². The second-order valence-corrected chi connectivity index (χ2v) is 6.81. The zero-order valence-electron chi connectivity index (χ0n) is 13.2. The highest BCUT2D eigenvalue weighted by Gasteiger charge is 2.16. The molecule has 0 bridgehead atoms. The van der Waals surface area contributed by atoms with Crippen molar-refractivity contribution in [3.8, 4) is 17.2 Å². The van der Waals surface area contributed by atoms with E-state index in [0.29, 0.717) is 27.1 Å². The van der Waals surface area contributed by atoms with Crippen LogP contribution in [0.25, 0.3) is 10.2 Å². The van der Waals surface area contributed by atoms with Crippen LogP contribution >= 0.6 is 22.9 Å². The van der Waals surface area contributed by atoms with Gasteiger partial charge in [0.1, 0.15) is 5.75 Å². The lowest BCUT2D eigenvalue weighted by Crippen LogP contribution is -2.17. The predicted molar refractivity (Wildman–Crippen MR) is 94.4 cm³/mol. The van der Waals surface area contributed by atoms with Gasteiger partial charge in [0.2, 0.25) is 6.79 Å². The number of hydrogen-bond acceptors (Lipinski definition) is 5. The highest BCUT2D eigenvalue weighted by molar-refractivity contribution is 7.16. The monoisotopic (exact) mass is 376 g/mol. The van der Waals surface area contributed by atoms with E-state index >= 15 is 0 Å². The highest BCUT2D eigenvalue weighted by Crippen LogP contribution is 2.36. The van der Waals surface area contributed by atoms with Gasteiger partial charge < -0.3 is 18.8 Å². The maximum Gasteiger partial charge on any atom is 0.286 e. The van der Waals surface area contributed by atoms with Crippen molar-refractivity contribution in [1.82, 2.24) is 4.57 Å². The Bertz CT molecular complexity index is 1020. The standard InChI is InChI=1S/C17H13ClN2O4S/c1-20-12-6-13-14(24-9-23-13)7-15(12)25-17(20)19-16(21)8-22-11-4-2-10(18)3-5-11/h2-7H,8-9H2,1H3. The summed E-state index contributed by atoms with van der Waals surface area (Å²) in [5.41, 5.74) is 0.930. The fourth-order valence-corrected chi connectivity index (χ4v) is 3.61. The van der Waals surface area contributed by atoms with Gasteiger partial charge in [-0.2, -0.15) is 4.99 Å². The summed E-state index contributed by atoms with van der Waals surface area (Å²) in [4.78, 5) is 16.8. The zero-order valence-corrected chi connectivity index (χ0v) is 14.8. The Labute approximate surface area is 151 Å². The third kappa shape index (κ3) is 3.20. The van der Waals surface area contributed by atoms with Crippen LogP contribution in [0.5, 0.6) is 17.2 Å². The number of ether oxygens (including phenoxy) is 3. The van der Waals surface area contributed by atoms with Crippen LogP contribution in [0, 0.1) is 0 Å². The van der Waals surface area contributed by atoms with E-state index in [1.165, 1.54) is 11.3 Å². The maximum atomic E-state index is 12.1. The average Bonchev–Trinajstić information content (AvgIpc) is 3.17. The van der Waals surface area contributed by atoms with E-state index in [2.05, 4.69) is 4.99 Å². The lowest BCUT2D eigenvalue weighted by molar-refractivity contribution is -0.120. The summed E-state index contributed by atoms with van der Waals surface area (Å²) in [6.07, 6.45) is 0. The molecule has 1 aliphatic heterocycles. The molecule has 6 nitrogen and oxygen atoms in total. The van der Waals surface area contributed by atoms with Gasteiger partial charge in [-0.25, -0.2) is 0 Å². The van der Waals surface area contributed by atoms with E-state index in [1.54, 1.807) is 24.3 Å². The number of nitrogens with zero attached hydrogens (tertiary/aromatic N) is 2. The minimum absolute atomic E-state index is 0.140. The number of benzene rings is 2. The molecule has 1 aliphatic rings. The van der Waals surface area contributed by atoms with Crippen molar-refractivity contribution in [2.45, 2.75) is 0 Å². The van der Waals surface area contributed by atoms with Crippen molar-refractivity contribution in [2.75, 3.05) is 13.4 Å². The number of carbonyl (C=O) groups excluding carboxylic acids is 1. The molecule has 0 fully saturated rings. The number of thiazole rings is 1. The average molecular weight is 377 g/mol. The van der Waals surface area contributed by atoms with Crippen LogP contribution in [-0.4, -0.2) is 23.9 Å². The first-order valence-corrected chi connectivity index (χ1v) is 8.65. The van der Waals surface area contributed by atoms with Crippen molar-refractivity contribution >= 4 is 39.1 Å². The number of hydrogen-bond donors (Lipinski definition) is 0. The molecule has 1 amide bonds. The number of amides is 1. The van der Waals surface area contributed by atoms with Gasteiger partial charge in [-0.05, 0) is 24.3 Å². The summed E-state index contributed by atoms with van der Waals surface area (Å²) >= 11 is 7.22. The summed E-state index contributed by atoms with van der Waals surface area (Å²) < 4.78 is 19.0. The molecular weight excluding hydrogens is 364 g/mol. The second-order valence-electron chi connectivity index (χ2n) is 5.36. The summed E-state index contributed by atoms with van der Waals surface area (Å²) in [5.74, 6) is 1.61. The van der Waals surface area contributed by atoms with Gasteiger partial charge in [0.25, 0.3) is 5.91 Å². The molecular formula is C17H13ClN2O4S.